The highest BCUT2D eigenvalue weighted by atomic mass is 32.1. The lowest BCUT2D eigenvalue weighted by Crippen LogP contribution is -2.36. The van der Waals surface area contributed by atoms with Gasteiger partial charge < -0.3 is 15.7 Å². The number of thiophene rings is 1. The number of rotatable bonds is 6. The second-order valence-corrected chi connectivity index (χ2v) is 9.16. The largest absolute Gasteiger partial charge is 0.481 e. The molecule has 1 aromatic carbocycles. The topological polar surface area (TPSA) is 95.5 Å². The third-order valence-electron chi connectivity index (χ3n) is 6.10. The molecule has 2 atom stereocenters. The van der Waals surface area contributed by atoms with E-state index in [1.165, 1.54) is 11.3 Å². The number of carboxylic acids is 1. The molecule has 0 saturated heterocycles. The van der Waals surface area contributed by atoms with Gasteiger partial charge in [-0.3, -0.25) is 14.4 Å². The van der Waals surface area contributed by atoms with Gasteiger partial charge >= 0.3 is 5.97 Å². The summed E-state index contributed by atoms with van der Waals surface area (Å²) in [4.78, 5) is 38.7. The number of carbonyl (C=O) groups excluding carboxylic acids is 2. The van der Waals surface area contributed by atoms with Crippen molar-refractivity contribution in [3.05, 3.63) is 51.9 Å². The van der Waals surface area contributed by atoms with Gasteiger partial charge in [-0.1, -0.05) is 43.2 Å². The molecule has 2 aliphatic rings. The Morgan fingerprint density at radius 3 is 2.47 bits per heavy atom. The molecule has 158 valence electrons. The van der Waals surface area contributed by atoms with Gasteiger partial charge in [-0.25, -0.2) is 0 Å². The van der Waals surface area contributed by atoms with Gasteiger partial charge in [0.2, 0.25) is 5.91 Å². The highest BCUT2D eigenvalue weighted by molar-refractivity contribution is 7.17. The van der Waals surface area contributed by atoms with Gasteiger partial charge in [-0.2, -0.15) is 0 Å². The average Bonchev–Trinajstić information content (AvgIpc) is 3.33. The summed E-state index contributed by atoms with van der Waals surface area (Å²) in [5, 5.41) is 16.0. The molecule has 2 aromatic rings. The zero-order valence-electron chi connectivity index (χ0n) is 16.8. The molecular formula is C23H26N2O4S. The molecule has 6 nitrogen and oxygen atoms in total. The molecule has 7 heteroatoms. The summed E-state index contributed by atoms with van der Waals surface area (Å²) < 4.78 is 0. The van der Waals surface area contributed by atoms with Gasteiger partial charge in [0.25, 0.3) is 5.91 Å². The van der Waals surface area contributed by atoms with Gasteiger partial charge in [0.15, 0.2) is 0 Å². The molecule has 2 amide bonds. The average molecular weight is 427 g/mol. The zero-order chi connectivity index (χ0) is 21.1. The Hall–Kier alpha value is -2.67. The number of carbonyl (C=O) groups is 3. The van der Waals surface area contributed by atoms with Crippen LogP contribution in [0.2, 0.25) is 0 Å². The van der Waals surface area contributed by atoms with E-state index >= 15 is 0 Å². The van der Waals surface area contributed by atoms with Crippen LogP contribution in [-0.4, -0.2) is 22.9 Å². The second-order valence-electron chi connectivity index (χ2n) is 8.05. The van der Waals surface area contributed by atoms with Crippen molar-refractivity contribution in [3.63, 3.8) is 0 Å². The highest BCUT2D eigenvalue weighted by Gasteiger charge is 2.37. The minimum absolute atomic E-state index is 0.188. The van der Waals surface area contributed by atoms with Gasteiger partial charge in [0, 0.05) is 11.4 Å². The maximum absolute atomic E-state index is 13.0. The number of nitrogens with one attached hydrogen (secondary N) is 2. The number of hydrogen-bond donors (Lipinski definition) is 3. The standard InChI is InChI=1S/C23H26N2O4S/c26-20(15-9-4-5-10-16(15)23(28)29)25-22-19(17-11-6-12-18(17)30-22)21(27)24-13-14-7-2-1-3-8-14/h1-3,7-8,15-16H,4-6,9-13H2,(H,24,27)(H,25,26)(H,28,29)/t15-,16-/m1/s1. The number of aryl methyl sites for hydroxylation is 1. The van der Waals surface area contributed by atoms with Crippen LogP contribution in [0.15, 0.2) is 30.3 Å². The molecule has 0 radical (unpaired) electrons. The molecule has 4 rings (SSSR count). The molecule has 2 aliphatic carbocycles. The predicted octanol–water partition coefficient (Wildman–Crippen LogP) is 4.00. The SMILES string of the molecule is O=C(NCc1ccccc1)c1c(NC(=O)[C@@H]2CCCC[C@H]2C(=O)O)sc2c1CCC2. The lowest BCUT2D eigenvalue weighted by Gasteiger charge is -2.27. The maximum atomic E-state index is 13.0. The van der Waals surface area contributed by atoms with E-state index in [9.17, 15) is 19.5 Å². The van der Waals surface area contributed by atoms with E-state index in [-0.39, 0.29) is 11.8 Å². The minimum Gasteiger partial charge on any atom is -0.481 e. The number of carboxylic acid groups (broad SMARTS) is 1. The van der Waals surface area contributed by atoms with Crippen molar-refractivity contribution in [3.8, 4) is 0 Å². The summed E-state index contributed by atoms with van der Waals surface area (Å²) in [6.45, 7) is 0.418. The fourth-order valence-corrected chi connectivity index (χ4v) is 5.83. The molecule has 0 aliphatic heterocycles. The first kappa shape index (κ1) is 20.6. The summed E-state index contributed by atoms with van der Waals surface area (Å²) in [6.07, 6.45) is 5.54. The van der Waals surface area contributed by atoms with E-state index in [1.54, 1.807) is 0 Å². The van der Waals surface area contributed by atoms with Gasteiger partial charge in [0.05, 0.1) is 17.4 Å². The number of aliphatic carboxylic acids is 1. The van der Waals surface area contributed by atoms with Crippen molar-refractivity contribution in [2.45, 2.75) is 51.5 Å². The van der Waals surface area contributed by atoms with Crippen molar-refractivity contribution >= 4 is 34.1 Å². The van der Waals surface area contributed by atoms with Crippen LogP contribution in [0.5, 0.6) is 0 Å². The molecule has 1 aromatic heterocycles. The Kier molecular flexibility index (Phi) is 6.18. The van der Waals surface area contributed by atoms with E-state index in [0.29, 0.717) is 30.0 Å². The lowest BCUT2D eigenvalue weighted by atomic mass is 9.79. The fourth-order valence-electron chi connectivity index (χ4n) is 4.54. The Balaban J connectivity index is 1.53. The summed E-state index contributed by atoms with van der Waals surface area (Å²) in [6, 6.07) is 9.70. The Bertz CT molecular complexity index is 954. The molecule has 30 heavy (non-hydrogen) atoms. The Morgan fingerprint density at radius 1 is 1.00 bits per heavy atom. The molecular weight excluding hydrogens is 400 g/mol. The third-order valence-corrected chi connectivity index (χ3v) is 7.31. The maximum Gasteiger partial charge on any atom is 0.307 e. The predicted molar refractivity (Wildman–Crippen MR) is 116 cm³/mol. The Morgan fingerprint density at radius 2 is 1.73 bits per heavy atom. The summed E-state index contributed by atoms with van der Waals surface area (Å²) in [5.74, 6) is -2.58. The van der Waals surface area contributed by atoms with Crippen LogP contribution < -0.4 is 10.6 Å². The third kappa shape index (κ3) is 4.26. The molecule has 1 saturated carbocycles. The number of hydrogen-bond acceptors (Lipinski definition) is 4. The lowest BCUT2D eigenvalue weighted by molar-refractivity contribution is -0.147. The normalized spacial score (nSPS) is 20.4. The number of amides is 2. The molecule has 1 fully saturated rings. The number of anilines is 1. The first-order valence-corrected chi connectivity index (χ1v) is 11.4. The van der Waals surface area contributed by atoms with Crippen LogP contribution in [0.3, 0.4) is 0 Å². The van der Waals surface area contributed by atoms with Crippen LogP contribution in [0, 0.1) is 11.8 Å². The fraction of sp³-hybridized carbons (Fsp3) is 0.435. The van der Waals surface area contributed by atoms with E-state index < -0.39 is 17.8 Å². The summed E-state index contributed by atoms with van der Waals surface area (Å²) in [7, 11) is 0. The van der Waals surface area contributed by atoms with Crippen molar-refractivity contribution in [2.75, 3.05) is 5.32 Å². The van der Waals surface area contributed by atoms with Gasteiger partial charge in [0.1, 0.15) is 5.00 Å². The first-order valence-electron chi connectivity index (χ1n) is 10.5. The highest BCUT2D eigenvalue weighted by Crippen LogP contribution is 2.40. The van der Waals surface area contributed by atoms with Crippen molar-refractivity contribution in [1.29, 1.82) is 0 Å². The summed E-state index contributed by atoms with van der Waals surface area (Å²) >= 11 is 1.46. The van der Waals surface area contributed by atoms with Crippen LogP contribution in [0.1, 0.15) is 58.5 Å². The van der Waals surface area contributed by atoms with Crippen molar-refractivity contribution < 1.29 is 19.5 Å². The molecule has 3 N–H and O–H groups in total. The van der Waals surface area contributed by atoms with Crippen LogP contribution in [0.25, 0.3) is 0 Å². The van der Waals surface area contributed by atoms with E-state index in [0.717, 1.165) is 48.1 Å². The van der Waals surface area contributed by atoms with Crippen molar-refractivity contribution in [2.24, 2.45) is 11.8 Å². The summed E-state index contributed by atoms with van der Waals surface area (Å²) in [5.41, 5.74) is 2.59. The quantitative estimate of drug-likeness (QED) is 0.651. The van der Waals surface area contributed by atoms with Gasteiger partial charge in [-0.05, 0) is 43.2 Å². The monoisotopic (exact) mass is 426 g/mol. The Labute approximate surface area is 179 Å². The van der Waals surface area contributed by atoms with E-state index in [4.69, 9.17) is 0 Å². The van der Waals surface area contributed by atoms with E-state index in [1.807, 2.05) is 30.3 Å². The van der Waals surface area contributed by atoms with Gasteiger partial charge in [-0.15, -0.1) is 11.3 Å². The molecule has 0 bridgehead atoms. The first-order chi connectivity index (χ1) is 14.5. The molecule has 1 heterocycles. The van der Waals surface area contributed by atoms with Crippen LogP contribution in [0.4, 0.5) is 5.00 Å². The van der Waals surface area contributed by atoms with Crippen LogP contribution in [-0.2, 0) is 29.0 Å². The smallest absolute Gasteiger partial charge is 0.307 e. The number of benzene rings is 1. The van der Waals surface area contributed by atoms with Crippen molar-refractivity contribution in [1.82, 2.24) is 5.32 Å². The second kappa shape index (κ2) is 9.00. The number of fused-ring (bicyclic) bond motifs is 1. The molecule has 0 spiro atoms. The van der Waals surface area contributed by atoms with E-state index in [2.05, 4.69) is 10.6 Å². The zero-order valence-corrected chi connectivity index (χ0v) is 17.6. The van der Waals surface area contributed by atoms with Crippen LogP contribution >= 0.6 is 11.3 Å². The minimum atomic E-state index is -0.913. The molecule has 0 unspecified atom stereocenters.